The van der Waals surface area contributed by atoms with Gasteiger partial charge in [-0.15, -0.1) is 0 Å². The minimum absolute atomic E-state index is 0.0727. The molecule has 1 aliphatic carbocycles. The molecule has 0 amide bonds. The number of carbonyl (C=O) groups is 1. The highest BCUT2D eigenvalue weighted by Gasteiger charge is 2.40. The van der Waals surface area contributed by atoms with Gasteiger partial charge in [-0.05, 0) is 42.5 Å². The molecular weight excluding hydrogens is 260 g/mol. The number of rotatable bonds is 2. The zero-order valence-electron chi connectivity index (χ0n) is 11.2. The van der Waals surface area contributed by atoms with Gasteiger partial charge in [-0.3, -0.25) is 4.79 Å². The molecule has 1 fully saturated rings. The number of ketones is 1. The summed E-state index contributed by atoms with van der Waals surface area (Å²) in [4.78, 5) is 12.6. The van der Waals surface area contributed by atoms with Crippen molar-refractivity contribution in [1.82, 2.24) is 0 Å². The largest absolute Gasteiger partial charge is 0.453 e. The molecule has 1 atom stereocenters. The molecule has 1 aromatic carbocycles. The van der Waals surface area contributed by atoms with Gasteiger partial charge in [0.05, 0.1) is 0 Å². The van der Waals surface area contributed by atoms with Crippen LogP contribution in [0, 0.1) is 11.3 Å². The highest BCUT2D eigenvalue weighted by Crippen LogP contribution is 2.44. The van der Waals surface area contributed by atoms with Crippen LogP contribution in [0.15, 0.2) is 28.7 Å². The summed E-state index contributed by atoms with van der Waals surface area (Å²) in [6.45, 7) is 4.34. The first kappa shape index (κ1) is 12.7. The van der Waals surface area contributed by atoms with E-state index < -0.39 is 0 Å². The summed E-state index contributed by atoms with van der Waals surface area (Å²) in [6.07, 6.45) is 3.19. The smallest absolute Gasteiger partial charge is 0.201 e. The summed E-state index contributed by atoms with van der Waals surface area (Å²) in [5.74, 6) is 0.676. The second-order valence-electron chi connectivity index (χ2n) is 6.09. The van der Waals surface area contributed by atoms with E-state index in [4.69, 9.17) is 16.0 Å². The van der Waals surface area contributed by atoms with Crippen molar-refractivity contribution in [3.8, 4) is 0 Å². The Morgan fingerprint density at radius 2 is 2.16 bits per heavy atom. The lowest BCUT2D eigenvalue weighted by atomic mass is 9.79. The van der Waals surface area contributed by atoms with Crippen LogP contribution in [0.2, 0.25) is 5.02 Å². The summed E-state index contributed by atoms with van der Waals surface area (Å²) in [6, 6.07) is 7.24. The van der Waals surface area contributed by atoms with E-state index in [1.54, 1.807) is 6.07 Å². The average molecular weight is 277 g/mol. The first-order valence-corrected chi connectivity index (χ1v) is 7.08. The van der Waals surface area contributed by atoms with E-state index in [1.165, 1.54) is 0 Å². The highest BCUT2D eigenvalue weighted by molar-refractivity contribution is 6.31. The van der Waals surface area contributed by atoms with E-state index in [0.29, 0.717) is 10.8 Å². The fraction of sp³-hybridized carbons (Fsp3) is 0.438. The van der Waals surface area contributed by atoms with Crippen LogP contribution in [0.4, 0.5) is 0 Å². The Morgan fingerprint density at radius 3 is 2.84 bits per heavy atom. The molecule has 1 aromatic heterocycles. The molecule has 0 radical (unpaired) electrons. The van der Waals surface area contributed by atoms with Gasteiger partial charge in [0.25, 0.3) is 0 Å². The molecule has 1 unspecified atom stereocenters. The van der Waals surface area contributed by atoms with Crippen LogP contribution < -0.4 is 0 Å². The molecule has 100 valence electrons. The van der Waals surface area contributed by atoms with Crippen molar-refractivity contribution in [2.24, 2.45) is 11.3 Å². The second kappa shape index (κ2) is 4.38. The minimum atomic E-state index is 0.0727. The first-order chi connectivity index (χ1) is 8.97. The Balaban J connectivity index is 1.98. The van der Waals surface area contributed by atoms with Gasteiger partial charge in [0.15, 0.2) is 5.76 Å². The third kappa shape index (κ3) is 2.18. The number of carbonyl (C=O) groups excluding carboxylic acids is 1. The van der Waals surface area contributed by atoms with Crippen LogP contribution in [0.3, 0.4) is 0 Å². The van der Waals surface area contributed by atoms with Gasteiger partial charge in [-0.2, -0.15) is 0 Å². The maximum absolute atomic E-state index is 12.6. The van der Waals surface area contributed by atoms with E-state index >= 15 is 0 Å². The van der Waals surface area contributed by atoms with E-state index in [2.05, 4.69) is 13.8 Å². The SMILES string of the molecule is CC1(C)CCCC1C(=O)c1cc2cc(Cl)ccc2o1. The Bertz CT molecular complexity index is 639. The number of hydrogen-bond donors (Lipinski definition) is 0. The maximum atomic E-state index is 12.6. The van der Waals surface area contributed by atoms with E-state index in [0.717, 1.165) is 30.2 Å². The number of halogens is 1. The fourth-order valence-corrected chi connectivity index (χ4v) is 3.30. The van der Waals surface area contributed by atoms with Crippen molar-refractivity contribution in [1.29, 1.82) is 0 Å². The summed E-state index contributed by atoms with van der Waals surface area (Å²) in [5, 5.41) is 1.56. The molecule has 0 bridgehead atoms. The number of furan rings is 1. The predicted octanol–water partition coefficient (Wildman–Crippen LogP) is 5.10. The maximum Gasteiger partial charge on any atom is 0.201 e. The number of benzene rings is 1. The van der Waals surface area contributed by atoms with Crippen molar-refractivity contribution < 1.29 is 9.21 Å². The molecule has 19 heavy (non-hydrogen) atoms. The van der Waals surface area contributed by atoms with Crippen LogP contribution in [0.1, 0.15) is 43.7 Å². The quantitative estimate of drug-likeness (QED) is 0.715. The van der Waals surface area contributed by atoms with Gasteiger partial charge >= 0.3 is 0 Å². The standard InChI is InChI=1S/C16H17ClO2/c1-16(2)7-3-4-12(16)15(18)14-9-10-8-11(17)5-6-13(10)19-14/h5-6,8-9,12H,3-4,7H2,1-2H3. The van der Waals surface area contributed by atoms with Gasteiger partial charge in [-0.25, -0.2) is 0 Å². The molecule has 3 rings (SSSR count). The first-order valence-electron chi connectivity index (χ1n) is 6.71. The Labute approximate surface area is 117 Å². The number of Topliss-reactive ketones (excluding diaryl/α,β-unsaturated/α-hetero) is 1. The molecule has 0 aliphatic heterocycles. The van der Waals surface area contributed by atoms with Gasteiger partial charge in [0.2, 0.25) is 5.78 Å². The zero-order valence-corrected chi connectivity index (χ0v) is 12.0. The van der Waals surface area contributed by atoms with Crippen LogP contribution in [0.5, 0.6) is 0 Å². The van der Waals surface area contributed by atoms with Crippen molar-refractivity contribution in [2.75, 3.05) is 0 Å². The summed E-state index contributed by atoms with van der Waals surface area (Å²) < 4.78 is 5.68. The molecule has 1 heterocycles. The Hall–Kier alpha value is -1.28. The molecule has 1 saturated carbocycles. The lowest BCUT2D eigenvalue weighted by Gasteiger charge is -2.24. The summed E-state index contributed by atoms with van der Waals surface area (Å²) in [7, 11) is 0. The van der Waals surface area contributed by atoms with E-state index in [1.807, 2.05) is 18.2 Å². The normalized spacial score (nSPS) is 21.9. The van der Waals surface area contributed by atoms with Crippen molar-refractivity contribution in [3.05, 3.63) is 35.0 Å². The molecule has 0 saturated heterocycles. The summed E-state index contributed by atoms with van der Waals surface area (Å²) in [5.41, 5.74) is 0.803. The van der Waals surface area contributed by atoms with Crippen LogP contribution in [-0.4, -0.2) is 5.78 Å². The van der Waals surface area contributed by atoms with E-state index in [-0.39, 0.29) is 17.1 Å². The summed E-state index contributed by atoms with van der Waals surface area (Å²) >= 11 is 5.95. The Morgan fingerprint density at radius 1 is 1.37 bits per heavy atom. The predicted molar refractivity (Wildman–Crippen MR) is 76.7 cm³/mol. The van der Waals surface area contributed by atoms with Crippen LogP contribution >= 0.6 is 11.6 Å². The molecule has 2 nitrogen and oxygen atoms in total. The minimum Gasteiger partial charge on any atom is -0.453 e. The van der Waals surface area contributed by atoms with Crippen molar-refractivity contribution >= 4 is 28.4 Å². The molecule has 0 spiro atoms. The molecule has 1 aliphatic rings. The van der Waals surface area contributed by atoms with Crippen LogP contribution in [-0.2, 0) is 0 Å². The number of fused-ring (bicyclic) bond motifs is 1. The fourth-order valence-electron chi connectivity index (χ4n) is 3.12. The van der Waals surface area contributed by atoms with Gasteiger partial charge in [0, 0.05) is 16.3 Å². The molecule has 3 heteroatoms. The second-order valence-corrected chi connectivity index (χ2v) is 6.53. The topological polar surface area (TPSA) is 30.2 Å². The molecule has 2 aromatic rings. The third-order valence-corrected chi connectivity index (χ3v) is 4.53. The number of hydrogen-bond acceptors (Lipinski definition) is 2. The van der Waals surface area contributed by atoms with E-state index in [9.17, 15) is 4.79 Å². The lowest BCUT2D eigenvalue weighted by Crippen LogP contribution is -2.25. The average Bonchev–Trinajstić information content (AvgIpc) is 2.90. The molecular formula is C16H17ClO2. The Kier molecular flexibility index (Phi) is 2.94. The van der Waals surface area contributed by atoms with Crippen LogP contribution in [0.25, 0.3) is 11.0 Å². The van der Waals surface area contributed by atoms with Gasteiger partial charge < -0.3 is 4.42 Å². The molecule has 0 N–H and O–H groups in total. The van der Waals surface area contributed by atoms with Gasteiger partial charge in [0.1, 0.15) is 5.58 Å². The monoisotopic (exact) mass is 276 g/mol. The van der Waals surface area contributed by atoms with Crippen molar-refractivity contribution in [3.63, 3.8) is 0 Å². The zero-order chi connectivity index (χ0) is 13.6. The van der Waals surface area contributed by atoms with Crippen molar-refractivity contribution in [2.45, 2.75) is 33.1 Å². The lowest BCUT2D eigenvalue weighted by molar-refractivity contribution is 0.0812. The third-order valence-electron chi connectivity index (χ3n) is 4.29. The van der Waals surface area contributed by atoms with Gasteiger partial charge in [-0.1, -0.05) is 31.9 Å². The highest BCUT2D eigenvalue weighted by atomic mass is 35.5.